The van der Waals surface area contributed by atoms with Gasteiger partial charge in [-0.2, -0.15) is 0 Å². The first-order chi connectivity index (χ1) is 12.5. The molecule has 0 atom stereocenters. The Hall–Kier alpha value is -1.88. The van der Waals surface area contributed by atoms with E-state index in [1.807, 2.05) is 18.2 Å². The number of ether oxygens (including phenoxy) is 4. The quantitative estimate of drug-likeness (QED) is 0.307. The van der Waals surface area contributed by atoms with Crippen LogP contribution in [-0.4, -0.2) is 34.4 Å². The summed E-state index contributed by atoms with van der Waals surface area (Å²) in [7, 11) is 6.34. The number of halogens is 2. The minimum atomic E-state index is 0. The van der Waals surface area contributed by atoms with Crippen LogP contribution in [0.2, 0.25) is 0 Å². The Labute approximate surface area is 184 Å². The van der Waals surface area contributed by atoms with Gasteiger partial charge in [0.2, 0.25) is 0 Å². The lowest BCUT2D eigenvalue weighted by Crippen LogP contribution is -2.22. The normalized spacial score (nSPS) is 10.6. The molecular formula is C18H23BrIN3O4. The third-order valence-corrected chi connectivity index (χ3v) is 4.17. The van der Waals surface area contributed by atoms with Gasteiger partial charge in [0.25, 0.3) is 0 Å². The van der Waals surface area contributed by atoms with E-state index in [0.29, 0.717) is 29.5 Å². The minimum Gasteiger partial charge on any atom is -0.493 e. The van der Waals surface area contributed by atoms with Crippen molar-refractivity contribution in [2.24, 2.45) is 10.7 Å². The van der Waals surface area contributed by atoms with Crippen LogP contribution in [0.15, 0.2) is 39.8 Å². The number of guanidine groups is 1. The molecule has 0 saturated heterocycles. The third-order valence-electron chi connectivity index (χ3n) is 3.58. The van der Waals surface area contributed by atoms with Crippen LogP contribution in [0.25, 0.3) is 0 Å². The summed E-state index contributed by atoms with van der Waals surface area (Å²) in [6.45, 7) is 0.380. The first-order valence-corrected chi connectivity index (χ1v) is 8.51. The number of rotatable bonds is 7. The molecule has 7 nitrogen and oxygen atoms in total. The van der Waals surface area contributed by atoms with Crippen molar-refractivity contribution in [2.45, 2.75) is 6.54 Å². The number of methoxy groups -OCH3 is 4. The summed E-state index contributed by atoms with van der Waals surface area (Å²) in [6, 6.07) is 9.18. The second kappa shape index (κ2) is 11.1. The lowest BCUT2D eigenvalue weighted by molar-refractivity contribution is 0.352. The summed E-state index contributed by atoms with van der Waals surface area (Å²) in [5, 5.41) is 3.03. The van der Waals surface area contributed by atoms with E-state index in [0.717, 1.165) is 15.7 Å². The lowest BCUT2D eigenvalue weighted by Gasteiger charge is -2.12. The summed E-state index contributed by atoms with van der Waals surface area (Å²) >= 11 is 3.46. The van der Waals surface area contributed by atoms with Crippen molar-refractivity contribution in [3.8, 4) is 23.0 Å². The maximum Gasteiger partial charge on any atom is 0.193 e. The molecule has 0 spiro atoms. The molecule has 0 aliphatic carbocycles. The number of aliphatic imine (C=N–C) groups is 1. The van der Waals surface area contributed by atoms with Gasteiger partial charge in [-0.05, 0) is 45.8 Å². The van der Waals surface area contributed by atoms with Crippen LogP contribution < -0.4 is 30.0 Å². The molecule has 0 aliphatic heterocycles. The Morgan fingerprint density at radius 2 is 1.63 bits per heavy atom. The standard InChI is InChI=1S/C18H22BrN3O4.HI/c1-23-14-6-5-12(9-15(14)24-2)22-18(20)21-10-11-7-13(19)17(26-4)16(8-11)25-3;/h5-9H,10H2,1-4H3,(H3,20,21,22);1H. The lowest BCUT2D eigenvalue weighted by atomic mass is 10.2. The highest BCUT2D eigenvalue weighted by molar-refractivity contribution is 14.0. The van der Waals surface area contributed by atoms with Gasteiger partial charge in [0.05, 0.1) is 39.5 Å². The molecule has 148 valence electrons. The van der Waals surface area contributed by atoms with Crippen LogP contribution in [-0.2, 0) is 6.54 Å². The predicted octanol–water partition coefficient (Wildman–Crippen LogP) is 4.03. The molecule has 0 unspecified atom stereocenters. The van der Waals surface area contributed by atoms with Gasteiger partial charge in [-0.1, -0.05) is 0 Å². The molecule has 27 heavy (non-hydrogen) atoms. The highest BCUT2D eigenvalue weighted by Crippen LogP contribution is 2.36. The topological polar surface area (TPSA) is 87.3 Å². The van der Waals surface area contributed by atoms with Crippen LogP contribution in [0.3, 0.4) is 0 Å². The van der Waals surface area contributed by atoms with Crippen LogP contribution in [0.1, 0.15) is 5.56 Å². The highest BCUT2D eigenvalue weighted by Gasteiger charge is 2.10. The minimum absolute atomic E-state index is 0. The van der Waals surface area contributed by atoms with Crippen molar-refractivity contribution in [1.82, 2.24) is 0 Å². The molecule has 3 N–H and O–H groups in total. The predicted molar refractivity (Wildman–Crippen MR) is 121 cm³/mol. The molecule has 0 saturated carbocycles. The molecule has 0 heterocycles. The fourth-order valence-corrected chi connectivity index (χ4v) is 2.99. The Morgan fingerprint density at radius 3 is 2.22 bits per heavy atom. The Bertz CT molecular complexity index is 802. The van der Waals surface area contributed by atoms with Gasteiger partial charge in [-0.3, -0.25) is 0 Å². The van der Waals surface area contributed by atoms with E-state index >= 15 is 0 Å². The zero-order chi connectivity index (χ0) is 19.1. The van der Waals surface area contributed by atoms with Crippen LogP contribution in [0.4, 0.5) is 5.69 Å². The van der Waals surface area contributed by atoms with Crippen molar-refractivity contribution in [3.05, 3.63) is 40.4 Å². The van der Waals surface area contributed by atoms with Crippen molar-refractivity contribution in [2.75, 3.05) is 33.8 Å². The summed E-state index contributed by atoms with van der Waals surface area (Å²) in [6.07, 6.45) is 0. The first kappa shape index (κ1) is 23.2. The Morgan fingerprint density at radius 1 is 0.963 bits per heavy atom. The SMILES string of the molecule is COc1ccc(NC(N)=NCc2cc(Br)c(OC)c(OC)c2)cc1OC.I. The van der Waals surface area contributed by atoms with Gasteiger partial charge in [-0.15, -0.1) is 24.0 Å². The first-order valence-electron chi connectivity index (χ1n) is 7.71. The third kappa shape index (κ3) is 6.06. The van der Waals surface area contributed by atoms with Gasteiger partial charge >= 0.3 is 0 Å². The van der Waals surface area contributed by atoms with E-state index in [2.05, 4.69) is 26.2 Å². The molecule has 0 amide bonds. The van der Waals surface area contributed by atoms with Gasteiger partial charge < -0.3 is 30.0 Å². The monoisotopic (exact) mass is 551 g/mol. The molecule has 2 aromatic rings. The highest BCUT2D eigenvalue weighted by atomic mass is 127. The van der Waals surface area contributed by atoms with Crippen molar-refractivity contribution >= 4 is 51.6 Å². The smallest absolute Gasteiger partial charge is 0.193 e. The molecule has 0 bridgehead atoms. The summed E-state index contributed by atoms with van der Waals surface area (Å²) in [5.41, 5.74) is 7.65. The largest absolute Gasteiger partial charge is 0.493 e. The van der Waals surface area contributed by atoms with Crippen molar-refractivity contribution < 1.29 is 18.9 Å². The van der Waals surface area contributed by atoms with Crippen LogP contribution in [0.5, 0.6) is 23.0 Å². The molecule has 0 radical (unpaired) electrons. The molecule has 2 rings (SSSR count). The second-order valence-electron chi connectivity index (χ2n) is 5.21. The molecule has 0 aliphatic rings. The van der Waals surface area contributed by atoms with E-state index in [-0.39, 0.29) is 29.9 Å². The van der Waals surface area contributed by atoms with Gasteiger partial charge in [0, 0.05) is 11.8 Å². The van der Waals surface area contributed by atoms with E-state index in [9.17, 15) is 0 Å². The van der Waals surface area contributed by atoms with E-state index in [1.54, 1.807) is 40.6 Å². The van der Waals surface area contributed by atoms with Gasteiger partial charge in [0.15, 0.2) is 29.0 Å². The molecule has 2 aromatic carbocycles. The molecule has 9 heteroatoms. The van der Waals surface area contributed by atoms with E-state index in [1.165, 1.54) is 0 Å². The number of hydrogen-bond donors (Lipinski definition) is 2. The average molecular weight is 552 g/mol. The molecule has 0 fully saturated rings. The fourth-order valence-electron chi connectivity index (χ4n) is 2.34. The maximum atomic E-state index is 5.98. The molecule has 0 aromatic heterocycles. The number of hydrogen-bond acceptors (Lipinski definition) is 5. The van der Waals surface area contributed by atoms with Gasteiger partial charge in [-0.25, -0.2) is 4.99 Å². The van der Waals surface area contributed by atoms with Crippen LogP contribution >= 0.6 is 39.9 Å². The zero-order valence-electron chi connectivity index (χ0n) is 15.5. The zero-order valence-corrected chi connectivity index (χ0v) is 19.5. The Balaban J connectivity index is 0.00000364. The fraction of sp³-hybridized carbons (Fsp3) is 0.278. The maximum absolute atomic E-state index is 5.98. The summed E-state index contributed by atoms with van der Waals surface area (Å²) in [4.78, 5) is 4.35. The second-order valence-corrected chi connectivity index (χ2v) is 6.06. The van der Waals surface area contributed by atoms with E-state index in [4.69, 9.17) is 24.7 Å². The number of nitrogens with one attached hydrogen (secondary N) is 1. The van der Waals surface area contributed by atoms with E-state index < -0.39 is 0 Å². The Kier molecular flexibility index (Phi) is 9.50. The van der Waals surface area contributed by atoms with Crippen molar-refractivity contribution in [3.63, 3.8) is 0 Å². The number of anilines is 1. The number of nitrogens with zero attached hydrogens (tertiary/aromatic N) is 1. The van der Waals surface area contributed by atoms with Crippen molar-refractivity contribution in [1.29, 1.82) is 0 Å². The van der Waals surface area contributed by atoms with Gasteiger partial charge in [0.1, 0.15) is 0 Å². The number of nitrogens with two attached hydrogens (primary N) is 1. The molecular weight excluding hydrogens is 529 g/mol. The number of benzene rings is 2. The van der Waals surface area contributed by atoms with Crippen LogP contribution in [0, 0.1) is 0 Å². The summed E-state index contributed by atoms with van der Waals surface area (Å²) in [5.74, 6) is 2.79. The summed E-state index contributed by atoms with van der Waals surface area (Å²) < 4.78 is 21.9. The average Bonchev–Trinajstić information content (AvgIpc) is 2.65.